The maximum atomic E-state index is 6.08. The zero-order chi connectivity index (χ0) is 15.2. The summed E-state index contributed by atoms with van der Waals surface area (Å²) in [6.07, 6.45) is 2.17. The summed E-state index contributed by atoms with van der Waals surface area (Å²) in [6, 6.07) is 17.9. The number of aromatic nitrogens is 3. The Kier molecular flexibility index (Phi) is 4.46. The molecule has 3 rings (SSSR count). The fourth-order valence-corrected chi connectivity index (χ4v) is 2.21. The van der Waals surface area contributed by atoms with Crippen LogP contribution in [0.5, 0.6) is 5.75 Å². The van der Waals surface area contributed by atoms with Crippen LogP contribution in [0.3, 0.4) is 0 Å². The number of aromatic amines is 1. The number of nitrogens with zero attached hydrogens (tertiary/aromatic N) is 2. The van der Waals surface area contributed by atoms with Gasteiger partial charge in [-0.15, -0.1) is 0 Å². The Morgan fingerprint density at radius 2 is 1.77 bits per heavy atom. The van der Waals surface area contributed by atoms with Gasteiger partial charge in [-0.25, -0.2) is 4.98 Å². The summed E-state index contributed by atoms with van der Waals surface area (Å²) in [7, 11) is 0. The number of hydrogen-bond donors (Lipinski definition) is 2. The van der Waals surface area contributed by atoms with Crippen molar-refractivity contribution in [1.29, 1.82) is 0 Å². The first kappa shape index (κ1) is 14.3. The van der Waals surface area contributed by atoms with Gasteiger partial charge in [0.25, 0.3) is 0 Å². The molecule has 2 aromatic carbocycles. The van der Waals surface area contributed by atoms with Crippen LogP contribution in [-0.2, 0) is 13.0 Å². The maximum absolute atomic E-state index is 6.08. The van der Waals surface area contributed by atoms with Crippen LogP contribution in [0.4, 0.5) is 0 Å². The standard InChI is InChI=1S/C17H18N4O/c18-16(17-19-12-20-21-17)10-13-6-8-15(9-7-13)22-11-14-4-2-1-3-5-14/h1-9,12,16H,10-11,18H2,(H,19,20,21)/t16-/m0/s1. The van der Waals surface area contributed by atoms with E-state index in [1.165, 1.54) is 6.33 Å². The lowest BCUT2D eigenvalue weighted by Crippen LogP contribution is -2.15. The Morgan fingerprint density at radius 3 is 2.45 bits per heavy atom. The highest BCUT2D eigenvalue weighted by Crippen LogP contribution is 2.17. The number of H-pyrrole nitrogens is 1. The van der Waals surface area contributed by atoms with Gasteiger partial charge in [-0.2, -0.15) is 5.10 Å². The van der Waals surface area contributed by atoms with E-state index >= 15 is 0 Å². The zero-order valence-electron chi connectivity index (χ0n) is 12.1. The van der Waals surface area contributed by atoms with Crippen LogP contribution in [-0.4, -0.2) is 15.2 Å². The first-order valence-corrected chi connectivity index (χ1v) is 7.18. The van der Waals surface area contributed by atoms with Gasteiger partial charge < -0.3 is 10.5 Å². The molecule has 0 aliphatic carbocycles. The second-order valence-electron chi connectivity index (χ2n) is 5.10. The van der Waals surface area contributed by atoms with Crippen molar-refractivity contribution in [2.75, 3.05) is 0 Å². The summed E-state index contributed by atoms with van der Waals surface area (Å²) in [5.41, 5.74) is 8.37. The van der Waals surface area contributed by atoms with Gasteiger partial charge in [0.2, 0.25) is 0 Å². The smallest absolute Gasteiger partial charge is 0.141 e. The lowest BCUT2D eigenvalue weighted by atomic mass is 10.1. The van der Waals surface area contributed by atoms with Crippen molar-refractivity contribution in [3.8, 4) is 5.75 Å². The van der Waals surface area contributed by atoms with Gasteiger partial charge in [0, 0.05) is 0 Å². The average molecular weight is 294 g/mol. The molecule has 0 unspecified atom stereocenters. The SMILES string of the molecule is N[C@@H](Cc1ccc(OCc2ccccc2)cc1)c1ncn[nH]1. The van der Waals surface area contributed by atoms with E-state index in [9.17, 15) is 0 Å². The second-order valence-corrected chi connectivity index (χ2v) is 5.10. The lowest BCUT2D eigenvalue weighted by Gasteiger charge is -2.10. The van der Waals surface area contributed by atoms with E-state index in [1.807, 2.05) is 54.6 Å². The Hall–Kier alpha value is -2.66. The molecule has 3 aromatic rings. The van der Waals surface area contributed by atoms with Crippen LogP contribution < -0.4 is 10.5 Å². The third-order valence-electron chi connectivity index (χ3n) is 3.41. The summed E-state index contributed by atoms with van der Waals surface area (Å²) < 4.78 is 5.76. The summed E-state index contributed by atoms with van der Waals surface area (Å²) in [5, 5.41) is 6.61. The molecule has 3 N–H and O–H groups in total. The summed E-state index contributed by atoms with van der Waals surface area (Å²) >= 11 is 0. The highest BCUT2D eigenvalue weighted by Gasteiger charge is 2.09. The van der Waals surface area contributed by atoms with Gasteiger partial charge in [-0.05, 0) is 29.7 Å². The monoisotopic (exact) mass is 294 g/mol. The Balaban J connectivity index is 1.56. The molecule has 0 amide bonds. The number of nitrogens with two attached hydrogens (primary N) is 1. The molecular formula is C17H18N4O. The predicted octanol–water partition coefficient (Wildman–Crippen LogP) is 2.63. The highest BCUT2D eigenvalue weighted by atomic mass is 16.5. The average Bonchev–Trinajstić information content (AvgIpc) is 3.10. The molecule has 0 aliphatic heterocycles. The Labute approximate surface area is 129 Å². The summed E-state index contributed by atoms with van der Waals surface area (Å²) in [4.78, 5) is 4.08. The van der Waals surface area contributed by atoms with E-state index in [4.69, 9.17) is 10.5 Å². The molecule has 0 radical (unpaired) electrons. The number of ether oxygens (including phenoxy) is 1. The normalized spacial score (nSPS) is 12.0. The van der Waals surface area contributed by atoms with Gasteiger partial charge >= 0.3 is 0 Å². The molecule has 0 fully saturated rings. The predicted molar refractivity (Wildman–Crippen MR) is 84.2 cm³/mol. The highest BCUT2D eigenvalue weighted by molar-refractivity contribution is 5.28. The molecule has 5 heteroatoms. The topological polar surface area (TPSA) is 76.8 Å². The number of rotatable bonds is 6. The molecule has 0 bridgehead atoms. The van der Waals surface area contributed by atoms with Crippen molar-refractivity contribution in [2.45, 2.75) is 19.1 Å². The second kappa shape index (κ2) is 6.87. The van der Waals surface area contributed by atoms with Crippen molar-refractivity contribution in [1.82, 2.24) is 15.2 Å². The van der Waals surface area contributed by atoms with Crippen LogP contribution in [0.2, 0.25) is 0 Å². The van der Waals surface area contributed by atoms with Gasteiger partial charge in [0.15, 0.2) is 0 Å². The summed E-state index contributed by atoms with van der Waals surface area (Å²) in [5.74, 6) is 1.55. The van der Waals surface area contributed by atoms with E-state index in [0.717, 1.165) is 16.9 Å². The fourth-order valence-electron chi connectivity index (χ4n) is 2.21. The van der Waals surface area contributed by atoms with Crippen molar-refractivity contribution in [3.63, 3.8) is 0 Å². The third kappa shape index (κ3) is 3.71. The molecule has 22 heavy (non-hydrogen) atoms. The zero-order valence-corrected chi connectivity index (χ0v) is 12.1. The van der Waals surface area contributed by atoms with Gasteiger partial charge in [0.05, 0.1) is 6.04 Å². The minimum Gasteiger partial charge on any atom is -0.489 e. The lowest BCUT2D eigenvalue weighted by molar-refractivity contribution is 0.306. The molecule has 5 nitrogen and oxygen atoms in total. The van der Waals surface area contributed by atoms with E-state index < -0.39 is 0 Å². The van der Waals surface area contributed by atoms with Crippen molar-refractivity contribution in [3.05, 3.63) is 77.9 Å². The first-order chi connectivity index (χ1) is 10.8. The van der Waals surface area contributed by atoms with E-state index in [2.05, 4.69) is 15.2 Å². The molecule has 0 saturated heterocycles. The number of benzene rings is 2. The van der Waals surface area contributed by atoms with Crippen LogP contribution in [0.1, 0.15) is 23.0 Å². The molecule has 1 heterocycles. The minimum absolute atomic E-state index is 0.182. The molecule has 0 aliphatic rings. The largest absolute Gasteiger partial charge is 0.489 e. The quantitative estimate of drug-likeness (QED) is 0.732. The fraction of sp³-hybridized carbons (Fsp3) is 0.176. The molecular weight excluding hydrogens is 276 g/mol. The van der Waals surface area contributed by atoms with Crippen molar-refractivity contribution in [2.24, 2.45) is 5.73 Å². The van der Waals surface area contributed by atoms with E-state index in [-0.39, 0.29) is 6.04 Å². The summed E-state index contributed by atoms with van der Waals surface area (Å²) in [6.45, 7) is 0.567. The van der Waals surface area contributed by atoms with E-state index in [1.54, 1.807) is 0 Å². The van der Waals surface area contributed by atoms with Crippen molar-refractivity contribution < 1.29 is 4.74 Å². The van der Waals surface area contributed by atoms with Crippen LogP contribution in [0, 0.1) is 0 Å². The molecule has 1 atom stereocenters. The van der Waals surface area contributed by atoms with E-state index in [0.29, 0.717) is 18.9 Å². The maximum Gasteiger partial charge on any atom is 0.141 e. The number of hydrogen-bond acceptors (Lipinski definition) is 4. The molecule has 112 valence electrons. The Bertz CT molecular complexity index is 680. The Morgan fingerprint density at radius 1 is 1.00 bits per heavy atom. The molecule has 0 spiro atoms. The van der Waals surface area contributed by atoms with Crippen LogP contribution in [0.25, 0.3) is 0 Å². The molecule has 0 saturated carbocycles. The molecule has 1 aromatic heterocycles. The van der Waals surface area contributed by atoms with Gasteiger partial charge in [0.1, 0.15) is 24.5 Å². The number of nitrogens with one attached hydrogen (secondary N) is 1. The third-order valence-corrected chi connectivity index (χ3v) is 3.41. The van der Waals surface area contributed by atoms with Crippen LogP contribution in [0.15, 0.2) is 60.9 Å². The van der Waals surface area contributed by atoms with Crippen molar-refractivity contribution >= 4 is 0 Å². The minimum atomic E-state index is -0.182. The van der Waals surface area contributed by atoms with Crippen LogP contribution >= 0.6 is 0 Å². The van der Waals surface area contributed by atoms with Gasteiger partial charge in [-0.1, -0.05) is 42.5 Å². The van der Waals surface area contributed by atoms with Gasteiger partial charge in [-0.3, -0.25) is 5.10 Å². The first-order valence-electron chi connectivity index (χ1n) is 7.18.